The van der Waals surface area contributed by atoms with Gasteiger partial charge in [0.2, 0.25) is 0 Å². The van der Waals surface area contributed by atoms with Crippen LogP contribution < -0.4 is 0 Å². The lowest BCUT2D eigenvalue weighted by Crippen LogP contribution is -2.42. The topological polar surface area (TPSA) is 57.6 Å². The Morgan fingerprint density at radius 3 is 2.79 bits per heavy atom. The Labute approximate surface area is 120 Å². The van der Waals surface area contributed by atoms with Gasteiger partial charge in [-0.25, -0.2) is 0 Å². The van der Waals surface area contributed by atoms with Gasteiger partial charge in [0.25, 0.3) is 5.91 Å². The van der Waals surface area contributed by atoms with E-state index in [0.717, 1.165) is 16.5 Å². The van der Waals surface area contributed by atoms with Gasteiger partial charge >= 0.3 is 5.97 Å². The largest absolute Gasteiger partial charge is 0.481 e. The van der Waals surface area contributed by atoms with Crippen LogP contribution in [0.5, 0.6) is 0 Å². The number of rotatable bonds is 2. The van der Waals surface area contributed by atoms with Crippen LogP contribution in [-0.2, 0) is 4.79 Å². The first-order valence-electron chi connectivity index (χ1n) is 6.27. The maximum atomic E-state index is 12.3. The van der Waals surface area contributed by atoms with Crippen molar-refractivity contribution in [2.75, 3.05) is 13.1 Å². The first-order chi connectivity index (χ1) is 8.99. The minimum absolute atomic E-state index is 0.0911. The molecule has 0 bridgehead atoms. The van der Waals surface area contributed by atoms with E-state index in [4.69, 9.17) is 5.11 Å². The van der Waals surface area contributed by atoms with E-state index in [1.165, 1.54) is 0 Å². The first kappa shape index (κ1) is 14.1. The number of aliphatic carboxylic acids is 1. The smallest absolute Gasteiger partial charge is 0.308 e. The van der Waals surface area contributed by atoms with Gasteiger partial charge < -0.3 is 10.0 Å². The van der Waals surface area contributed by atoms with Gasteiger partial charge in [0.15, 0.2) is 0 Å². The van der Waals surface area contributed by atoms with Crippen molar-refractivity contribution in [3.05, 3.63) is 33.8 Å². The molecule has 1 atom stereocenters. The van der Waals surface area contributed by atoms with Gasteiger partial charge in [-0.3, -0.25) is 9.59 Å². The van der Waals surface area contributed by atoms with Crippen LogP contribution in [0.1, 0.15) is 28.8 Å². The fraction of sp³-hybridized carbons (Fsp3) is 0.429. The molecule has 1 fully saturated rings. The Morgan fingerprint density at radius 1 is 1.42 bits per heavy atom. The molecule has 102 valence electrons. The van der Waals surface area contributed by atoms with E-state index in [1.54, 1.807) is 17.0 Å². The summed E-state index contributed by atoms with van der Waals surface area (Å²) < 4.78 is 0.894. The second-order valence-electron chi connectivity index (χ2n) is 4.89. The van der Waals surface area contributed by atoms with Crippen LogP contribution in [0, 0.1) is 12.8 Å². The maximum absolute atomic E-state index is 12.3. The van der Waals surface area contributed by atoms with Gasteiger partial charge in [0.05, 0.1) is 5.92 Å². The number of carbonyl (C=O) groups excluding carboxylic acids is 1. The van der Waals surface area contributed by atoms with Crippen LogP contribution in [-0.4, -0.2) is 35.0 Å². The lowest BCUT2D eigenvalue weighted by Gasteiger charge is -2.30. The predicted molar refractivity (Wildman–Crippen MR) is 75.1 cm³/mol. The van der Waals surface area contributed by atoms with Crippen molar-refractivity contribution in [3.63, 3.8) is 0 Å². The molecule has 19 heavy (non-hydrogen) atoms. The minimum atomic E-state index is -0.817. The Bertz CT molecular complexity index is 515. The van der Waals surface area contributed by atoms with Crippen molar-refractivity contribution in [2.24, 2.45) is 5.92 Å². The average Bonchev–Trinajstić information content (AvgIpc) is 2.41. The van der Waals surface area contributed by atoms with Crippen LogP contribution in [0.3, 0.4) is 0 Å². The summed E-state index contributed by atoms with van der Waals surface area (Å²) in [5.41, 5.74) is 1.67. The highest BCUT2D eigenvalue weighted by Gasteiger charge is 2.28. The number of carboxylic acid groups (broad SMARTS) is 1. The number of hydrogen-bond acceptors (Lipinski definition) is 2. The van der Waals surface area contributed by atoms with Crippen LogP contribution in [0.4, 0.5) is 0 Å². The van der Waals surface area contributed by atoms with Gasteiger partial charge in [-0.2, -0.15) is 0 Å². The molecule has 1 aromatic carbocycles. The standard InChI is InChI=1S/C14H16BrNO3/c1-9-4-5-10(7-12(9)15)13(17)16-6-2-3-11(8-16)14(18)19/h4-5,7,11H,2-3,6,8H2,1H3,(H,18,19). The highest BCUT2D eigenvalue weighted by atomic mass is 79.9. The van der Waals surface area contributed by atoms with Crippen LogP contribution in [0.2, 0.25) is 0 Å². The van der Waals surface area contributed by atoms with E-state index in [-0.39, 0.29) is 5.91 Å². The lowest BCUT2D eigenvalue weighted by atomic mass is 9.97. The molecule has 0 radical (unpaired) electrons. The van der Waals surface area contributed by atoms with Gasteiger partial charge in [0, 0.05) is 23.1 Å². The molecule has 1 aromatic rings. The summed E-state index contributed by atoms with van der Waals surface area (Å²) in [4.78, 5) is 25.0. The zero-order valence-electron chi connectivity index (χ0n) is 10.7. The van der Waals surface area contributed by atoms with Crippen molar-refractivity contribution in [3.8, 4) is 0 Å². The number of carbonyl (C=O) groups is 2. The van der Waals surface area contributed by atoms with E-state index in [1.807, 2.05) is 13.0 Å². The zero-order chi connectivity index (χ0) is 14.0. The first-order valence-corrected chi connectivity index (χ1v) is 7.06. The summed E-state index contributed by atoms with van der Waals surface area (Å²) in [7, 11) is 0. The fourth-order valence-corrected chi connectivity index (χ4v) is 2.65. The predicted octanol–water partition coefficient (Wildman–Crippen LogP) is 2.69. The molecule has 0 saturated carbocycles. The zero-order valence-corrected chi connectivity index (χ0v) is 12.3. The van der Waals surface area contributed by atoms with Crippen molar-refractivity contribution < 1.29 is 14.7 Å². The Kier molecular flexibility index (Phi) is 4.24. The van der Waals surface area contributed by atoms with Crippen LogP contribution >= 0.6 is 15.9 Å². The maximum Gasteiger partial charge on any atom is 0.308 e. The number of amides is 1. The highest BCUT2D eigenvalue weighted by molar-refractivity contribution is 9.10. The second kappa shape index (κ2) is 5.74. The van der Waals surface area contributed by atoms with Crippen molar-refractivity contribution in [1.82, 2.24) is 4.90 Å². The third-order valence-corrected chi connectivity index (χ3v) is 4.33. The number of aryl methyl sites for hydroxylation is 1. The molecule has 1 unspecified atom stereocenters. The quantitative estimate of drug-likeness (QED) is 0.909. The number of piperidine rings is 1. The molecule has 0 aliphatic carbocycles. The molecule has 1 amide bonds. The fourth-order valence-electron chi connectivity index (χ4n) is 2.27. The van der Waals surface area contributed by atoms with E-state index in [9.17, 15) is 9.59 Å². The molecule has 1 heterocycles. The number of nitrogens with zero attached hydrogens (tertiary/aromatic N) is 1. The van der Waals surface area contributed by atoms with Crippen molar-refractivity contribution in [2.45, 2.75) is 19.8 Å². The van der Waals surface area contributed by atoms with Gasteiger partial charge in [-0.1, -0.05) is 22.0 Å². The Balaban J connectivity index is 2.14. The molecule has 2 rings (SSSR count). The molecular weight excluding hydrogens is 310 g/mol. The van der Waals surface area contributed by atoms with E-state index in [2.05, 4.69) is 15.9 Å². The lowest BCUT2D eigenvalue weighted by molar-refractivity contribution is -0.143. The SMILES string of the molecule is Cc1ccc(C(=O)N2CCCC(C(=O)O)C2)cc1Br. The molecular formula is C14H16BrNO3. The Morgan fingerprint density at radius 2 is 2.16 bits per heavy atom. The van der Waals surface area contributed by atoms with E-state index < -0.39 is 11.9 Å². The molecule has 0 aromatic heterocycles. The number of likely N-dealkylation sites (tertiary alicyclic amines) is 1. The van der Waals surface area contributed by atoms with E-state index in [0.29, 0.717) is 25.1 Å². The normalized spacial score (nSPS) is 19.3. The van der Waals surface area contributed by atoms with Crippen molar-refractivity contribution in [1.29, 1.82) is 0 Å². The minimum Gasteiger partial charge on any atom is -0.481 e. The molecule has 1 saturated heterocycles. The molecule has 1 aliphatic heterocycles. The molecule has 1 aliphatic rings. The number of benzene rings is 1. The average molecular weight is 326 g/mol. The molecule has 4 nitrogen and oxygen atoms in total. The van der Waals surface area contributed by atoms with Crippen molar-refractivity contribution >= 4 is 27.8 Å². The third kappa shape index (κ3) is 3.15. The molecule has 1 N–H and O–H groups in total. The summed E-state index contributed by atoms with van der Waals surface area (Å²) >= 11 is 3.41. The Hall–Kier alpha value is -1.36. The molecule has 0 spiro atoms. The van der Waals surface area contributed by atoms with Crippen LogP contribution in [0.25, 0.3) is 0 Å². The number of carboxylic acids is 1. The second-order valence-corrected chi connectivity index (χ2v) is 5.75. The summed E-state index contributed by atoms with van der Waals surface area (Å²) in [5, 5.41) is 9.04. The van der Waals surface area contributed by atoms with Gasteiger partial charge in [-0.05, 0) is 37.5 Å². The van der Waals surface area contributed by atoms with Gasteiger partial charge in [-0.15, -0.1) is 0 Å². The number of hydrogen-bond donors (Lipinski definition) is 1. The summed E-state index contributed by atoms with van der Waals surface area (Å²) in [5.74, 6) is -1.35. The third-order valence-electron chi connectivity index (χ3n) is 3.48. The summed E-state index contributed by atoms with van der Waals surface area (Å²) in [6, 6.07) is 5.46. The van der Waals surface area contributed by atoms with Gasteiger partial charge in [0.1, 0.15) is 0 Å². The van der Waals surface area contributed by atoms with E-state index >= 15 is 0 Å². The van der Waals surface area contributed by atoms with Crippen LogP contribution in [0.15, 0.2) is 22.7 Å². The summed E-state index contributed by atoms with van der Waals surface area (Å²) in [6.45, 7) is 2.90. The summed E-state index contributed by atoms with van der Waals surface area (Å²) in [6.07, 6.45) is 1.40. The number of halogens is 1. The monoisotopic (exact) mass is 325 g/mol. The highest BCUT2D eigenvalue weighted by Crippen LogP contribution is 2.22. The molecule has 5 heteroatoms.